The van der Waals surface area contributed by atoms with Crippen molar-refractivity contribution >= 4 is 17.6 Å². The highest BCUT2D eigenvalue weighted by molar-refractivity contribution is 6.31. The fourth-order valence-corrected chi connectivity index (χ4v) is 3.64. The molecule has 0 radical (unpaired) electrons. The molecule has 3 aromatic rings. The van der Waals surface area contributed by atoms with Crippen LogP contribution >= 0.6 is 11.6 Å². The molecule has 0 bridgehead atoms. The lowest BCUT2D eigenvalue weighted by molar-refractivity contribution is -0.159. The first-order chi connectivity index (χ1) is 13.9. The van der Waals surface area contributed by atoms with Crippen LogP contribution in [0.25, 0.3) is 0 Å². The first kappa shape index (κ1) is 21.1. The molecule has 1 unspecified atom stereocenters. The fraction of sp³-hybridized carbons (Fsp3) is 0.269. The van der Waals surface area contributed by atoms with E-state index in [0.717, 1.165) is 22.3 Å². The normalized spacial score (nSPS) is 14.3. The fourth-order valence-electron chi connectivity index (χ4n) is 3.37. The van der Waals surface area contributed by atoms with Crippen molar-refractivity contribution in [1.82, 2.24) is 0 Å². The molecule has 3 aromatic carbocycles. The number of carbonyl (C=O) groups excluding carboxylic acids is 1. The van der Waals surface area contributed by atoms with Gasteiger partial charge in [-0.3, -0.25) is 4.79 Å². The quantitative estimate of drug-likeness (QED) is 0.333. The maximum absolute atomic E-state index is 13.2. The highest BCUT2D eigenvalue weighted by Crippen LogP contribution is 2.44. The molecule has 0 saturated carbocycles. The van der Waals surface area contributed by atoms with Gasteiger partial charge in [-0.25, -0.2) is 0 Å². The van der Waals surface area contributed by atoms with E-state index in [4.69, 9.17) is 16.3 Å². The second kappa shape index (κ2) is 8.84. The molecule has 0 aliphatic heterocycles. The summed E-state index contributed by atoms with van der Waals surface area (Å²) in [4.78, 5) is 13.2. The van der Waals surface area contributed by atoms with Crippen molar-refractivity contribution in [3.63, 3.8) is 0 Å². The van der Waals surface area contributed by atoms with Crippen LogP contribution in [0.4, 0.5) is 0 Å². The number of aryl methyl sites for hydroxylation is 1. The lowest BCUT2D eigenvalue weighted by Crippen LogP contribution is -2.38. The summed E-state index contributed by atoms with van der Waals surface area (Å²) in [6.45, 7) is 8.00. The maximum atomic E-state index is 13.2. The Bertz CT molecular complexity index is 964. The van der Waals surface area contributed by atoms with E-state index >= 15 is 0 Å². The average molecular weight is 407 g/mol. The molecule has 0 spiro atoms. The molecule has 2 nitrogen and oxygen atoms in total. The van der Waals surface area contributed by atoms with Crippen LogP contribution < -0.4 is 0 Å². The molecule has 3 heteroatoms. The van der Waals surface area contributed by atoms with Crippen molar-refractivity contribution in [2.24, 2.45) is 11.8 Å². The topological polar surface area (TPSA) is 26.3 Å². The van der Waals surface area contributed by atoms with Crippen LogP contribution in [0.15, 0.2) is 78.9 Å². The second-order valence-electron chi connectivity index (χ2n) is 7.85. The smallest absolute Gasteiger partial charge is 0.310 e. The molecule has 3 rings (SSSR count). The van der Waals surface area contributed by atoms with Crippen molar-refractivity contribution in [3.8, 4) is 0 Å². The van der Waals surface area contributed by atoms with Crippen LogP contribution in [0, 0.1) is 18.8 Å². The van der Waals surface area contributed by atoms with Gasteiger partial charge in [0.15, 0.2) is 5.60 Å². The van der Waals surface area contributed by atoms with Gasteiger partial charge in [-0.2, -0.15) is 0 Å². The molecule has 0 N–H and O–H groups in total. The van der Waals surface area contributed by atoms with E-state index < -0.39 is 5.60 Å². The zero-order valence-electron chi connectivity index (χ0n) is 17.4. The van der Waals surface area contributed by atoms with Gasteiger partial charge in [0.2, 0.25) is 0 Å². The summed E-state index contributed by atoms with van der Waals surface area (Å²) in [6, 6.07) is 25.5. The third kappa shape index (κ3) is 4.23. The summed E-state index contributed by atoms with van der Waals surface area (Å²) in [5.74, 6) is -0.324. The molecule has 0 aromatic heterocycles. The van der Waals surface area contributed by atoms with Gasteiger partial charge in [0.1, 0.15) is 0 Å². The molecule has 0 amide bonds. The van der Waals surface area contributed by atoms with Crippen molar-refractivity contribution in [2.75, 3.05) is 0 Å². The molecule has 0 fully saturated rings. The minimum Gasteiger partial charge on any atom is -0.444 e. The Balaban J connectivity index is 2.31. The summed E-state index contributed by atoms with van der Waals surface area (Å²) in [7, 11) is 0. The molecule has 150 valence electrons. The summed E-state index contributed by atoms with van der Waals surface area (Å²) in [6.07, 6.45) is 0. The van der Waals surface area contributed by atoms with Crippen molar-refractivity contribution in [2.45, 2.75) is 33.3 Å². The summed E-state index contributed by atoms with van der Waals surface area (Å²) >= 11 is 6.67. The van der Waals surface area contributed by atoms with Gasteiger partial charge < -0.3 is 4.74 Å². The van der Waals surface area contributed by atoms with E-state index in [1.54, 1.807) is 0 Å². The number of carbonyl (C=O) groups is 1. The minimum atomic E-state index is -1.13. The molecule has 0 heterocycles. The van der Waals surface area contributed by atoms with Gasteiger partial charge in [0.25, 0.3) is 0 Å². The van der Waals surface area contributed by atoms with E-state index in [9.17, 15) is 4.79 Å². The minimum absolute atomic E-state index is 0.167. The zero-order chi connectivity index (χ0) is 21.0. The third-order valence-electron chi connectivity index (χ3n) is 5.52. The third-order valence-corrected chi connectivity index (χ3v) is 5.85. The number of halogens is 1. The van der Waals surface area contributed by atoms with Crippen LogP contribution in [0.1, 0.15) is 43.0 Å². The predicted octanol–water partition coefficient (Wildman–Crippen LogP) is 6.78. The van der Waals surface area contributed by atoms with Crippen LogP contribution in [0.2, 0.25) is 5.02 Å². The van der Waals surface area contributed by atoms with Crippen LogP contribution in [-0.2, 0) is 15.1 Å². The van der Waals surface area contributed by atoms with Crippen molar-refractivity contribution in [1.29, 1.82) is 0 Å². The van der Waals surface area contributed by atoms with Crippen molar-refractivity contribution in [3.05, 3.63) is 106 Å². The average Bonchev–Trinajstić information content (AvgIpc) is 2.73. The van der Waals surface area contributed by atoms with Gasteiger partial charge in [0, 0.05) is 21.7 Å². The zero-order valence-corrected chi connectivity index (χ0v) is 18.1. The lowest BCUT2D eigenvalue weighted by Gasteiger charge is -2.37. The molecule has 2 atom stereocenters. The first-order valence-corrected chi connectivity index (χ1v) is 10.3. The predicted molar refractivity (Wildman–Crippen MR) is 119 cm³/mol. The molecular weight excluding hydrogens is 380 g/mol. The van der Waals surface area contributed by atoms with E-state index in [-0.39, 0.29) is 17.8 Å². The van der Waals surface area contributed by atoms with E-state index in [1.807, 2.05) is 107 Å². The molecule has 0 aliphatic carbocycles. The first-order valence-electron chi connectivity index (χ1n) is 9.96. The highest BCUT2D eigenvalue weighted by atomic mass is 35.5. The largest absolute Gasteiger partial charge is 0.444 e. The standard InChI is InChI=1S/C26H27ClO2/c1-18(2)20(4)25(28)29-26(21-10-6-5-7-11-21,22-16-14-19(3)15-17-22)23-12-8-9-13-24(23)27/h5-18,20H,1-4H3/t20-,26?/m1/s1. The van der Waals surface area contributed by atoms with Gasteiger partial charge in [0.05, 0.1) is 5.92 Å². The molecular formula is C26H27ClO2. The Kier molecular flexibility index (Phi) is 6.44. The number of rotatable bonds is 6. The monoisotopic (exact) mass is 406 g/mol. The summed E-state index contributed by atoms with van der Waals surface area (Å²) < 4.78 is 6.42. The lowest BCUT2D eigenvalue weighted by atomic mass is 9.79. The molecule has 0 aliphatic rings. The second-order valence-corrected chi connectivity index (χ2v) is 8.25. The Hall–Kier alpha value is -2.58. The van der Waals surface area contributed by atoms with Gasteiger partial charge in [-0.1, -0.05) is 111 Å². The van der Waals surface area contributed by atoms with Crippen LogP contribution in [-0.4, -0.2) is 5.97 Å². The van der Waals surface area contributed by atoms with E-state index in [2.05, 4.69) is 0 Å². The number of hydrogen-bond donors (Lipinski definition) is 0. The number of benzene rings is 3. The Morgan fingerprint density at radius 3 is 1.97 bits per heavy atom. The van der Waals surface area contributed by atoms with Crippen LogP contribution in [0.3, 0.4) is 0 Å². The molecule has 29 heavy (non-hydrogen) atoms. The Morgan fingerprint density at radius 2 is 1.38 bits per heavy atom. The van der Waals surface area contributed by atoms with Crippen molar-refractivity contribution < 1.29 is 9.53 Å². The number of esters is 1. The van der Waals surface area contributed by atoms with E-state index in [0.29, 0.717) is 5.02 Å². The Morgan fingerprint density at radius 1 is 0.828 bits per heavy atom. The number of ether oxygens (including phenoxy) is 1. The Labute approximate surface area is 178 Å². The SMILES string of the molecule is Cc1ccc(C(OC(=O)[C@H](C)C(C)C)(c2ccccc2)c2ccccc2Cl)cc1. The van der Waals surface area contributed by atoms with Crippen LogP contribution in [0.5, 0.6) is 0 Å². The molecule has 0 saturated heterocycles. The number of hydrogen-bond acceptors (Lipinski definition) is 2. The maximum Gasteiger partial charge on any atom is 0.310 e. The van der Waals surface area contributed by atoms with Gasteiger partial charge in [-0.15, -0.1) is 0 Å². The van der Waals surface area contributed by atoms with Gasteiger partial charge in [-0.05, 0) is 18.9 Å². The summed E-state index contributed by atoms with van der Waals surface area (Å²) in [5, 5.41) is 0.557. The van der Waals surface area contributed by atoms with Gasteiger partial charge >= 0.3 is 5.97 Å². The summed E-state index contributed by atoms with van der Waals surface area (Å²) in [5.41, 5.74) is 2.49. The highest BCUT2D eigenvalue weighted by Gasteiger charge is 2.43. The van der Waals surface area contributed by atoms with E-state index in [1.165, 1.54) is 0 Å².